The summed E-state index contributed by atoms with van der Waals surface area (Å²) in [6.07, 6.45) is 2.57. The Morgan fingerprint density at radius 3 is 1.15 bits per heavy atom. The summed E-state index contributed by atoms with van der Waals surface area (Å²) in [5.74, 6) is 0. The quantitative estimate of drug-likeness (QED) is 0.422. The molecular weight excluding hydrogens is 387 g/mol. The summed E-state index contributed by atoms with van der Waals surface area (Å²) in [7, 11) is 0. The first kappa shape index (κ1) is 57.7. The molecule has 0 bridgehead atoms. The van der Waals surface area contributed by atoms with Crippen LogP contribution >= 0.6 is 0 Å². The SMILES string of the molecule is C.C.C=C=[C-]C.[CH-]=C.[CH2-]C.[Y].[Y].[Y]. The molecule has 0 saturated heterocycles. The van der Waals surface area contributed by atoms with E-state index in [0.29, 0.717) is 0 Å². The average molecular weight is 408 g/mol. The largest absolute Gasteiger partial charge is 0.521 e. The van der Waals surface area contributed by atoms with E-state index in [2.05, 4.69) is 38.5 Å². The van der Waals surface area contributed by atoms with Crippen molar-refractivity contribution in [3.63, 3.8) is 0 Å². The molecule has 0 heterocycles. The zero-order valence-corrected chi connectivity index (χ0v) is 15.9. The van der Waals surface area contributed by atoms with Crippen LogP contribution in [0.25, 0.3) is 0 Å². The maximum atomic E-state index is 4.25. The molecule has 0 spiro atoms. The third-order valence-corrected chi connectivity index (χ3v) is 0.177. The molecule has 0 aromatic carbocycles. The minimum atomic E-state index is 0. The van der Waals surface area contributed by atoms with E-state index in [1.165, 1.54) is 0 Å². The smallest absolute Gasteiger partial charge is 0 e. The molecule has 0 rings (SSSR count). The molecule has 0 amide bonds. The van der Waals surface area contributed by atoms with E-state index in [1.54, 1.807) is 13.8 Å². The van der Waals surface area contributed by atoms with Gasteiger partial charge in [-0.25, -0.2) is 12.7 Å². The van der Waals surface area contributed by atoms with Crippen LogP contribution < -0.4 is 0 Å². The first-order valence-electron chi connectivity index (χ1n) is 2.22. The van der Waals surface area contributed by atoms with Crippen molar-refractivity contribution in [2.75, 3.05) is 0 Å². The molecule has 0 unspecified atom stereocenters. The predicted molar refractivity (Wildman–Crippen MR) is 52.5 cm³/mol. The standard InChI is InChI=1S/C4H5.C2H5.C2H3.2CH4.3Y/c1-3-4-2;2*1-2;;;;;/h1H2,2H3;1H2,2H3;1H,2H2;2*1H4;;;/q3*-1;;;;;. The van der Waals surface area contributed by atoms with Gasteiger partial charge in [-0.3, -0.25) is 6.58 Å². The summed E-state index contributed by atoms with van der Waals surface area (Å²) in [5, 5.41) is 0. The van der Waals surface area contributed by atoms with Gasteiger partial charge in [-0.15, -0.1) is 6.92 Å². The summed E-state index contributed by atoms with van der Waals surface area (Å²) in [6, 6.07) is 0. The van der Waals surface area contributed by atoms with Crippen molar-refractivity contribution < 1.29 is 98.1 Å². The molecule has 0 saturated carbocycles. The van der Waals surface area contributed by atoms with Gasteiger partial charge in [-0.1, -0.05) is 14.9 Å². The average Bonchev–Trinajstić information content (AvgIpc) is 1.96. The van der Waals surface area contributed by atoms with Crippen LogP contribution in [0.5, 0.6) is 0 Å². The molecule has 0 atom stereocenters. The third kappa shape index (κ3) is 181. The predicted octanol–water partition coefficient (Wildman–Crippen LogP) is 3.86. The Balaban J connectivity index is -0.00000000429. The summed E-state index contributed by atoms with van der Waals surface area (Å²) < 4.78 is 0. The number of hydrogen-bond donors (Lipinski definition) is 0. The van der Waals surface area contributed by atoms with Crippen molar-refractivity contribution in [1.82, 2.24) is 0 Å². The minimum absolute atomic E-state index is 0. The van der Waals surface area contributed by atoms with Gasteiger partial charge in [-0.2, -0.15) is 6.92 Å². The van der Waals surface area contributed by atoms with Gasteiger partial charge in [0, 0.05) is 98.1 Å². The van der Waals surface area contributed by atoms with Crippen molar-refractivity contribution in [2.45, 2.75) is 28.7 Å². The number of hydrogen-bond acceptors (Lipinski definition) is 0. The zero-order chi connectivity index (χ0) is 7.41. The fourth-order valence-corrected chi connectivity index (χ4v) is 0. The van der Waals surface area contributed by atoms with Gasteiger partial charge >= 0.3 is 0 Å². The van der Waals surface area contributed by atoms with Gasteiger partial charge in [0.25, 0.3) is 0 Å². The maximum absolute atomic E-state index is 4.25. The first-order valence-corrected chi connectivity index (χ1v) is 2.22. The molecule has 0 aromatic rings. The van der Waals surface area contributed by atoms with E-state index in [9.17, 15) is 0 Å². The molecule has 3 radical (unpaired) electrons. The van der Waals surface area contributed by atoms with Gasteiger partial charge in [-0.05, 0) is 0 Å². The normalized spacial score (nSPS) is 2.08. The molecule has 3 heteroatoms. The third-order valence-electron chi connectivity index (χ3n) is 0.177. The van der Waals surface area contributed by atoms with Crippen molar-refractivity contribution in [3.05, 3.63) is 38.5 Å². The fourth-order valence-electron chi connectivity index (χ4n) is 0. The van der Waals surface area contributed by atoms with Crippen molar-refractivity contribution in [2.24, 2.45) is 0 Å². The van der Waals surface area contributed by atoms with E-state index in [-0.39, 0.29) is 113 Å². The molecule has 13 heavy (non-hydrogen) atoms. The Labute approximate surface area is 162 Å². The van der Waals surface area contributed by atoms with Gasteiger partial charge in [0.1, 0.15) is 0 Å². The van der Waals surface area contributed by atoms with Crippen LogP contribution in [-0.2, 0) is 98.1 Å². The Bertz CT molecular complexity index is 57.2. The van der Waals surface area contributed by atoms with Crippen LogP contribution in [0.1, 0.15) is 28.7 Å². The van der Waals surface area contributed by atoms with Crippen molar-refractivity contribution in [3.8, 4) is 0 Å². The number of rotatable bonds is 0. The topological polar surface area (TPSA) is 0 Å². The molecule has 73 valence electrons. The second-order valence-corrected chi connectivity index (χ2v) is 0.427. The van der Waals surface area contributed by atoms with E-state index in [0.717, 1.165) is 0 Å². The van der Waals surface area contributed by atoms with Crippen LogP contribution in [0.15, 0.2) is 18.9 Å². The van der Waals surface area contributed by atoms with Gasteiger partial charge in [0.15, 0.2) is 0 Å². The van der Waals surface area contributed by atoms with Crippen LogP contribution in [0.3, 0.4) is 0 Å². The van der Waals surface area contributed by atoms with Crippen LogP contribution in [0.2, 0.25) is 0 Å². The van der Waals surface area contributed by atoms with E-state index >= 15 is 0 Å². The van der Waals surface area contributed by atoms with Crippen LogP contribution in [-0.4, -0.2) is 0 Å². The molecule has 0 aliphatic heterocycles. The van der Waals surface area contributed by atoms with E-state index in [1.807, 2.05) is 0 Å². The Kier molecular flexibility index (Phi) is 570. The Morgan fingerprint density at radius 2 is 1.15 bits per heavy atom. The molecule has 0 aliphatic rings. The van der Waals surface area contributed by atoms with Gasteiger partial charge < -0.3 is 19.2 Å². The summed E-state index contributed by atoms with van der Waals surface area (Å²) in [4.78, 5) is 0. The van der Waals surface area contributed by atoms with Crippen molar-refractivity contribution in [1.29, 1.82) is 0 Å². The Hall–Kier alpha value is 2.57. The van der Waals surface area contributed by atoms with Crippen molar-refractivity contribution >= 4 is 0 Å². The van der Waals surface area contributed by atoms with Gasteiger partial charge in [0.2, 0.25) is 0 Å². The summed E-state index contributed by atoms with van der Waals surface area (Å²) >= 11 is 0. The summed E-state index contributed by atoms with van der Waals surface area (Å²) in [5.41, 5.74) is 2.43. The van der Waals surface area contributed by atoms with E-state index in [4.69, 9.17) is 0 Å². The second-order valence-electron chi connectivity index (χ2n) is 0.427. The fraction of sp³-hybridized carbons (Fsp3) is 0.400. The molecular formula is C10H21Y3-3. The first-order chi connectivity index (χ1) is 3.91. The van der Waals surface area contributed by atoms with Crippen LogP contribution in [0.4, 0.5) is 0 Å². The molecule has 0 fully saturated rings. The van der Waals surface area contributed by atoms with Gasteiger partial charge in [0.05, 0.1) is 0 Å². The monoisotopic (exact) mass is 408 g/mol. The number of allylic oxidation sites excluding steroid dienone is 1. The van der Waals surface area contributed by atoms with Crippen LogP contribution in [0, 0.1) is 19.6 Å². The molecule has 0 N–H and O–H groups in total. The Morgan fingerprint density at radius 1 is 1.08 bits per heavy atom. The maximum Gasteiger partial charge on any atom is 0 e. The summed E-state index contributed by atoms with van der Waals surface area (Å²) in [6.45, 7) is 17.0. The minimum Gasteiger partial charge on any atom is -0.521 e. The molecule has 0 aromatic heterocycles. The zero-order valence-electron chi connectivity index (χ0n) is 7.43. The second kappa shape index (κ2) is 128. The molecule has 0 nitrogen and oxygen atoms in total. The van der Waals surface area contributed by atoms with E-state index < -0.39 is 0 Å². The molecule has 0 aliphatic carbocycles.